The number of rotatable bonds is 9. The zero-order chi connectivity index (χ0) is 24.7. The first-order chi connectivity index (χ1) is 17.7. The molecule has 0 aliphatic rings. The molecule has 0 aliphatic carbocycles. The lowest BCUT2D eigenvalue weighted by atomic mass is 10.1. The van der Waals surface area contributed by atoms with Crippen LogP contribution in [0.15, 0.2) is 95.9 Å². The van der Waals surface area contributed by atoms with Crippen LogP contribution < -0.4 is 0 Å². The van der Waals surface area contributed by atoms with Crippen molar-refractivity contribution in [2.75, 3.05) is 6.54 Å². The molecule has 5 rings (SSSR count). The van der Waals surface area contributed by atoms with Gasteiger partial charge < -0.3 is 4.57 Å². The molecule has 5 aromatic rings. The van der Waals surface area contributed by atoms with Gasteiger partial charge in [-0.15, -0.1) is 10.2 Å². The van der Waals surface area contributed by atoms with Crippen molar-refractivity contribution in [3.05, 3.63) is 124 Å². The molecule has 0 unspecified atom stereocenters. The average molecular weight is 537 g/mol. The Kier molecular flexibility index (Phi) is 7.46. The van der Waals surface area contributed by atoms with Crippen LogP contribution in [0.5, 0.6) is 0 Å². The quantitative estimate of drug-likeness (QED) is 0.239. The highest BCUT2D eigenvalue weighted by Crippen LogP contribution is 2.17. The maximum absolute atomic E-state index is 9.07. The Labute approximate surface area is 219 Å². The van der Waals surface area contributed by atoms with Crippen LogP contribution >= 0.6 is 15.9 Å². The van der Waals surface area contributed by atoms with Gasteiger partial charge in [0.2, 0.25) is 0 Å². The van der Waals surface area contributed by atoms with Gasteiger partial charge in [-0.25, -0.2) is 0 Å². The first kappa shape index (κ1) is 23.9. The minimum Gasteiger partial charge on any atom is -0.312 e. The van der Waals surface area contributed by atoms with Gasteiger partial charge in [-0.2, -0.15) is 5.26 Å². The van der Waals surface area contributed by atoms with E-state index in [4.69, 9.17) is 5.26 Å². The van der Waals surface area contributed by atoms with E-state index in [9.17, 15) is 0 Å². The fourth-order valence-electron chi connectivity index (χ4n) is 4.23. The molecule has 0 radical (unpaired) electrons. The van der Waals surface area contributed by atoms with Gasteiger partial charge >= 0.3 is 0 Å². The number of halogens is 1. The van der Waals surface area contributed by atoms with Gasteiger partial charge in [-0.3, -0.25) is 9.88 Å². The Morgan fingerprint density at radius 3 is 2.47 bits per heavy atom. The molecule has 2 aromatic heterocycles. The minimum absolute atomic E-state index is 0.658. The van der Waals surface area contributed by atoms with Crippen LogP contribution in [0.2, 0.25) is 0 Å². The summed E-state index contributed by atoms with van der Waals surface area (Å²) in [6.07, 6.45) is 4.67. The fourth-order valence-corrected chi connectivity index (χ4v) is 4.49. The molecule has 0 amide bonds. The molecule has 6 nitrogen and oxygen atoms in total. The Bertz CT molecular complexity index is 1490. The molecule has 7 heteroatoms. The molecule has 0 spiro atoms. The highest BCUT2D eigenvalue weighted by molar-refractivity contribution is 9.10. The number of pyridine rings is 1. The number of para-hydroxylation sites is 1. The lowest BCUT2D eigenvalue weighted by Crippen LogP contribution is -2.27. The zero-order valence-electron chi connectivity index (χ0n) is 19.8. The van der Waals surface area contributed by atoms with Crippen LogP contribution in [0.3, 0.4) is 0 Å². The summed E-state index contributed by atoms with van der Waals surface area (Å²) in [5.74, 6) is 0.906. The maximum Gasteiger partial charge on any atom is 0.147 e. The van der Waals surface area contributed by atoms with Crippen molar-refractivity contribution in [1.82, 2.24) is 24.6 Å². The van der Waals surface area contributed by atoms with Gasteiger partial charge in [0.05, 0.1) is 30.2 Å². The molecule has 3 aromatic carbocycles. The molecule has 0 saturated heterocycles. The van der Waals surface area contributed by atoms with Crippen molar-refractivity contribution in [3.63, 3.8) is 0 Å². The number of nitriles is 1. The molecule has 178 valence electrons. The highest BCUT2D eigenvalue weighted by Gasteiger charge is 2.14. The van der Waals surface area contributed by atoms with Gasteiger partial charge in [-0.1, -0.05) is 58.4 Å². The summed E-state index contributed by atoms with van der Waals surface area (Å²) < 4.78 is 3.16. The molecule has 0 bridgehead atoms. The maximum atomic E-state index is 9.07. The summed E-state index contributed by atoms with van der Waals surface area (Å²) in [7, 11) is 0. The standard InChI is InChI=1S/C29H25BrN6/c30-27-11-9-22(10-12-27)13-14-35(18-25-15-26-3-1-2-4-28(26)32-17-25)20-29-34-33-21-36(29)19-24-7-5-23(16-31)6-8-24/h1-12,15,17,21H,13-14,18-20H2. The second kappa shape index (κ2) is 11.3. The third kappa shape index (κ3) is 6.03. The second-order valence-electron chi connectivity index (χ2n) is 8.81. The first-order valence-electron chi connectivity index (χ1n) is 11.8. The van der Waals surface area contributed by atoms with Gasteiger partial charge in [-0.05, 0) is 59.5 Å². The molecular formula is C29H25BrN6. The normalized spacial score (nSPS) is 11.1. The molecule has 0 aliphatic heterocycles. The summed E-state index contributed by atoms with van der Waals surface area (Å²) >= 11 is 3.52. The van der Waals surface area contributed by atoms with E-state index < -0.39 is 0 Å². The predicted molar refractivity (Wildman–Crippen MR) is 144 cm³/mol. The van der Waals surface area contributed by atoms with Crippen LogP contribution in [0.1, 0.15) is 28.1 Å². The summed E-state index contributed by atoms with van der Waals surface area (Å²) in [4.78, 5) is 7.05. The minimum atomic E-state index is 0.658. The van der Waals surface area contributed by atoms with Crippen LogP contribution in [0, 0.1) is 11.3 Å². The van der Waals surface area contributed by atoms with Gasteiger partial charge in [0.1, 0.15) is 12.2 Å². The van der Waals surface area contributed by atoms with Crippen molar-refractivity contribution in [2.45, 2.75) is 26.1 Å². The van der Waals surface area contributed by atoms with Gasteiger partial charge in [0.15, 0.2) is 0 Å². The van der Waals surface area contributed by atoms with E-state index in [1.54, 1.807) is 6.33 Å². The largest absolute Gasteiger partial charge is 0.312 e. The second-order valence-corrected chi connectivity index (χ2v) is 9.72. The Morgan fingerprint density at radius 1 is 0.889 bits per heavy atom. The van der Waals surface area contributed by atoms with E-state index in [1.165, 1.54) is 11.1 Å². The summed E-state index contributed by atoms with van der Waals surface area (Å²) in [6, 6.07) is 28.7. The van der Waals surface area contributed by atoms with E-state index in [-0.39, 0.29) is 0 Å². The van der Waals surface area contributed by atoms with Crippen molar-refractivity contribution in [3.8, 4) is 6.07 Å². The Morgan fingerprint density at radius 2 is 1.67 bits per heavy atom. The number of fused-ring (bicyclic) bond motifs is 1. The third-order valence-electron chi connectivity index (χ3n) is 6.18. The number of aromatic nitrogens is 4. The topological polar surface area (TPSA) is 70.6 Å². The average Bonchev–Trinajstić information content (AvgIpc) is 3.34. The number of nitrogens with zero attached hydrogens (tertiary/aromatic N) is 6. The monoisotopic (exact) mass is 536 g/mol. The van der Waals surface area contributed by atoms with E-state index >= 15 is 0 Å². The molecule has 0 atom stereocenters. The van der Waals surface area contributed by atoms with Crippen molar-refractivity contribution >= 4 is 26.8 Å². The van der Waals surface area contributed by atoms with Crippen LogP contribution in [-0.4, -0.2) is 31.2 Å². The Balaban J connectivity index is 1.35. The van der Waals surface area contributed by atoms with Gasteiger partial charge in [0, 0.05) is 29.1 Å². The van der Waals surface area contributed by atoms with Crippen LogP contribution in [-0.2, 0) is 26.1 Å². The molecule has 36 heavy (non-hydrogen) atoms. The van der Waals surface area contributed by atoms with E-state index in [0.717, 1.165) is 46.3 Å². The highest BCUT2D eigenvalue weighted by atomic mass is 79.9. The molecule has 0 fully saturated rings. The van der Waals surface area contributed by atoms with Crippen LogP contribution in [0.4, 0.5) is 0 Å². The van der Waals surface area contributed by atoms with E-state index in [1.807, 2.05) is 48.7 Å². The summed E-state index contributed by atoms with van der Waals surface area (Å²) in [5, 5.41) is 18.9. The van der Waals surface area contributed by atoms with Crippen molar-refractivity contribution in [1.29, 1.82) is 5.26 Å². The first-order valence-corrected chi connectivity index (χ1v) is 12.6. The van der Waals surface area contributed by atoms with Crippen molar-refractivity contribution < 1.29 is 0 Å². The molecule has 2 heterocycles. The smallest absolute Gasteiger partial charge is 0.147 e. The van der Waals surface area contributed by atoms with Crippen molar-refractivity contribution in [2.24, 2.45) is 0 Å². The number of benzene rings is 3. The van der Waals surface area contributed by atoms with Crippen LogP contribution in [0.25, 0.3) is 10.9 Å². The number of hydrogen-bond donors (Lipinski definition) is 0. The van der Waals surface area contributed by atoms with Gasteiger partial charge in [0.25, 0.3) is 0 Å². The third-order valence-corrected chi connectivity index (χ3v) is 6.71. The molecule has 0 saturated carbocycles. The summed E-state index contributed by atoms with van der Waals surface area (Å²) in [6.45, 7) is 2.96. The lowest BCUT2D eigenvalue weighted by molar-refractivity contribution is 0.250. The lowest BCUT2D eigenvalue weighted by Gasteiger charge is -2.22. The predicted octanol–water partition coefficient (Wildman–Crippen LogP) is 5.75. The fraction of sp³-hybridized carbons (Fsp3) is 0.172. The Hall–Kier alpha value is -3.86. The van der Waals surface area contributed by atoms with E-state index in [2.05, 4.69) is 83.0 Å². The molecule has 0 N–H and O–H groups in total. The van der Waals surface area contributed by atoms with E-state index in [0.29, 0.717) is 18.7 Å². The summed E-state index contributed by atoms with van der Waals surface area (Å²) in [5.41, 5.74) is 5.23. The molecular weight excluding hydrogens is 512 g/mol. The number of hydrogen-bond acceptors (Lipinski definition) is 5. The zero-order valence-corrected chi connectivity index (χ0v) is 21.3. The SMILES string of the molecule is N#Cc1ccc(Cn2cnnc2CN(CCc2ccc(Br)cc2)Cc2cnc3ccccc3c2)cc1.